The van der Waals surface area contributed by atoms with Gasteiger partial charge in [0.25, 0.3) is 0 Å². The molecule has 0 spiro atoms. The molecule has 80 valence electrons. The molecule has 15 heavy (non-hydrogen) atoms. The molecule has 0 saturated heterocycles. The topological polar surface area (TPSA) is 42.2 Å². The van der Waals surface area contributed by atoms with Crippen LogP contribution in [0.15, 0.2) is 18.2 Å². The average molecular weight is 205 g/mol. The number of hydrogen-bond donors (Lipinski definition) is 0. The molecule has 1 aromatic rings. The predicted molar refractivity (Wildman–Crippen MR) is 58.1 cm³/mol. The molecule has 0 bridgehead atoms. The van der Waals surface area contributed by atoms with Gasteiger partial charge in [-0.15, -0.1) is 0 Å². The lowest BCUT2D eigenvalue weighted by atomic mass is 10.1. The van der Waals surface area contributed by atoms with Crippen LogP contribution in [-0.2, 0) is 0 Å². The van der Waals surface area contributed by atoms with Gasteiger partial charge in [0.1, 0.15) is 11.7 Å². The van der Waals surface area contributed by atoms with E-state index in [2.05, 4.69) is 6.07 Å². The van der Waals surface area contributed by atoms with Crippen LogP contribution in [0.1, 0.15) is 26.3 Å². The Hall–Kier alpha value is -1.69. The minimum atomic E-state index is -0.347. The molecule has 0 aromatic heterocycles. The number of para-hydroxylation sites is 1. The van der Waals surface area contributed by atoms with Crippen molar-refractivity contribution in [1.82, 2.24) is 0 Å². The van der Waals surface area contributed by atoms with Crippen LogP contribution in [0.25, 0.3) is 0 Å². The predicted octanol–water partition coefficient (Wildman–Crippen LogP) is 2.74. The lowest BCUT2D eigenvalue weighted by molar-refractivity contribution is 0.125. The Bertz CT molecular complexity index is 386. The zero-order chi connectivity index (χ0) is 11.5. The summed E-state index contributed by atoms with van der Waals surface area (Å²) in [6.07, 6.45) is 0. The molecule has 0 amide bonds. The van der Waals surface area contributed by atoms with Crippen LogP contribution < -0.4 is 9.47 Å². The molecule has 3 nitrogen and oxygen atoms in total. The summed E-state index contributed by atoms with van der Waals surface area (Å²) < 4.78 is 10.9. The Morgan fingerprint density at radius 2 is 1.93 bits per heavy atom. The lowest BCUT2D eigenvalue weighted by Gasteiger charge is -2.23. The van der Waals surface area contributed by atoms with Gasteiger partial charge in [-0.05, 0) is 32.9 Å². The number of hydrogen-bond acceptors (Lipinski definition) is 3. The number of benzene rings is 1. The van der Waals surface area contributed by atoms with Crippen molar-refractivity contribution in [3.05, 3.63) is 23.8 Å². The van der Waals surface area contributed by atoms with E-state index in [0.29, 0.717) is 17.1 Å². The molecule has 3 heteroatoms. The molecular weight excluding hydrogens is 190 g/mol. The van der Waals surface area contributed by atoms with Gasteiger partial charge in [-0.3, -0.25) is 0 Å². The van der Waals surface area contributed by atoms with Gasteiger partial charge in [0.05, 0.1) is 12.7 Å². The third-order valence-corrected chi connectivity index (χ3v) is 1.73. The number of ether oxygens (including phenoxy) is 2. The maximum atomic E-state index is 8.95. The van der Waals surface area contributed by atoms with Crippen molar-refractivity contribution in [3.63, 3.8) is 0 Å². The molecule has 0 saturated carbocycles. The fourth-order valence-corrected chi connectivity index (χ4v) is 1.18. The van der Waals surface area contributed by atoms with Crippen LogP contribution in [0.4, 0.5) is 0 Å². The highest BCUT2D eigenvalue weighted by Crippen LogP contribution is 2.33. The average Bonchev–Trinajstić information content (AvgIpc) is 2.16. The minimum absolute atomic E-state index is 0.347. The van der Waals surface area contributed by atoms with E-state index in [0.717, 1.165) is 0 Å². The molecule has 1 aromatic carbocycles. The van der Waals surface area contributed by atoms with Crippen LogP contribution in [0, 0.1) is 11.3 Å². The molecule has 0 fully saturated rings. The normalized spacial score (nSPS) is 10.6. The first-order chi connectivity index (χ1) is 6.98. The van der Waals surface area contributed by atoms with E-state index in [1.807, 2.05) is 20.8 Å². The van der Waals surface area contributed by atoms with Gasteiger partial charge in [0, 0.05) is 0 Å². The van der Waals surface area contributed by atoms with Crippen molar-refractivity contribution in [3.8, 4) is 17.6 Å². The zero-order valence-electron chi connectivity index (χ0n) is 9.50. The number of methoxy groups -OCH3 is 1. The highest BCUT2D eigenvalue weighted by Gasteiger charge is 2.18. The summed E-state index contributed by atoms with van der Waals surface area (Å²) in [4.78, 5) is 0. The second kappa shape index (κ2) is 4.22. The Kier molecular flexibility index (Phi) is 3.21. The maximum absolute atomic E-state index is 8.95. The minimum Gasteiger partial charge on any atom is -0.493 e. The molecular formula is C12H15NO2. The van der Waals surface area contributed by atoms with Gasteiger partial charge in [0.15, 0.2) is 11.5 Å². The van der Waals surface area contributed by atoms with Gasteiger partial charge in [-0.1, -0.05) is 6.07 Å². The highest BCUT2D eigenvalue weighted by atomic mass is 16.5. The van der Waals surface area contributed by atoms with Crippen LogP contribution in [0.2, 0.25) is 0 Å². The van der Waals surface area contributed by atoms with E-state index in [1.54, 1.807) is 25.3 Å². The molecule has 0 N–H and O–H groups in total. The van der Waals surface area contributed by atoms with E-state index in [9.17, 15) is 0 Å². The largest absolute Gasteiger partial charge is 0.493 e. The van der Waals surface area contributed by atoms with Crippen LogP contribution in [0.3, 0.4) is 0 Å². The summed E-state index contributed by atoms with van der Waals surface area (Å²) in [5.41, 5.74) is 0.143. The molecule has 0 radical (unpaired) electrons. The number of nitrogens with zero attached hydrogens (tertiary/aromatic N) is 1. The first kappa shape index (κ1) is 11.4. The monoisotopic (exact) mass is 205 g/mol. The van der Waals surface area contributed by atoms with Gasteiger partial charge in [-0.2, -0.15) is 5.26 Å². The van der Waals surface area contributed by atoms with Gasteiger partial charge in [0.2, 0.25) is 0 Å². The van der Waals surface area contributed by atoms with Gasteiger partial charge >= 0.3 is 0 Å². The molecule has 0 atom stereocenters. The molecule has 1 rings (SSSR count). The molecule has 0 heterocycles. The van der Waals surface area contributed by atoms with Crippen molar-refractivity contribution in [2.45, 2.75) is 26.4 Å². The van der Waals surface area contributed by atoms with E-state index >= 15 is 0 Å². The second-order valence-corrected chi connectivity index (χ2v) is 4.16. The first-order valence-electron chi connectivity index (χ1n) is 4.74. The van der Waals surface area contributed by atoms with E-state index in [1.165, 1.54) is 0 Å². The molecule has 0 aliphatic heterocycles. The van der Waals surface area contributed by atoms with Crippen molar-refractivity contribution >= 4 is 0 Å². The smallest absolute Gasteiger partial charge is 0.179 e. The van der Waals surface area contributed by atoms with Crippen molar-refractivity contribution in [2.24, 2.45) is 0 Å². The van der Waals surface area contributed by atoms with Crippen molar-refractivity contribution in [1.29, 1.82) is 5.26 Å². The summed E-state index contributed by atoms with van der Waals surface area (Å²) in [7, 11) is 1.56. The van der Waals surface area contributed by atoms with Gasteiger partial charge in [-0.25, -0.2) is 0 Å². The Labute approximate surface area is 90.2 Å². The maximum Gasteiger partial charge on any atom is 0.179 e. The summed E-state index contributed by atoms with van der Waals surface area (Å²) in [6.45, 7) is 5.79. The Balaban J connectivity index is 3.18. The van der Waals surface area contributed by atoms with Crippen LogP contribution in [-0.4, -0.2) is 12.7 Å². The third kappa shape index (κ3) is 2.88. The van der Waals surface area contributed by atoms with Crippen LogP contribution in [0.5, 0.6) is 11.5 Å². The lowest BCUT2D eigenvalue weighted by Crippen LogP contribution is -2.23. The molecule has 0 aliphatic rings. The Morgan fingerprint density at radius 1 is 1.27 bits per heavy atom. The summed E-state index contributed by atoms with van der Waals surface area (Å²) in [5.74, 6) is 1.10. The molecule has 0 aliphatic carbocycles. The summed E-state index contributed by atoms with van der Waals surface area (Å²) >= 11 is 0. The fourth-order valence-electron chi connectivity index (χ4n) is 1.18. The first-order valence-corrected chi connectivity index (χ1v) is 4.74. The SMILES string of the molecule is COc1cccc(C#N)c1OC(C)(C)C. The van der Waals surface area contributed by atoms with Crippen molar-refractivity contribution < 1.29 is 9.47 Å². The summed E-state index contributed by atoms with van der Waals surface area (Å²) in [6, 6.07) is 7.35. The van der Waals surface area contributed by atoms with E-state index < -0.39 is 0 Å². The summed E-state index contributed by atoms with van der Waals surface area (Å²) in [5, 5.41) is 8.95. The third-order valence-electron chi connectivity index (χ3n) is 1.73. The molecule has 0 unspecified atom stereocenters. The fraction of sp³-hybridized carbons (Fsp3) is 0.417. The van der Waals surface area contributed by atoms with E-state index in [-0.39, 0.29) is 5.60 Å². The van der Waals surface area contributed by atoms with Crippen LogP contribution >= 0.6 is 0 Å². The quantitative estimate of drug-likeness (QED) is 0.745. The zero-order valence-corrected chi connectivity index (χ0v) is 9.50. The Morgan fingerprint density at radius 3 is 2.40 bits per heavy atom. The second-order valence-electron chi connectivity index (χ2n) is 4.16. The highest BCUT2D eigenvalue weighted by molar-refractivity contribution is 5.52. The van der Waals surface area contributed by atoms with E-state index in [4.69, 9.17) is 14.7 Å². The van der Waals surface area contributed by atoms with Crippen molar-refractivity contribution in [2.75, 3.05) is 7.11 Å². The van der Waals surface area contributed by atoms with Gasteiger partial charge < -0.3 is 9.47 Å². The number of rotatable bonds is 2. The number of nitriles is 1. The standard InChI is InChI=1S/C12H15NO2/c1-12(2,3)15-11-9(8-13)6-5-7-10(11)14-4/h5-7H,1-4H3.